The minimum absolute atomic E-state index is 0.162. The second-order valence-corrected chi connectivity index (χ2v) is 7.36. The van der Waals surface area contributed by atoms with Gasteiger partial charge in [0, 0.05) is 24.4 Å². The Bertz CT molecular complexity index is 573. The number of hydrogen-bond donors (Lipinski definition) is 1. The lowest BCUT2D eigenvalue weighted by atomic mass is 9.93. The average molecular weight is 335 g/mol. The van der Waals surface area contributed by atoms with Gasteiger partial charge in [0.2, 0.25) is 5.91 Å². The second-order valence-electron chi connectivity index (χ2n) is 6.34. The largest absolute Gasteiger partial charge is 0.481 e. The van der Waals surface area contributed by atoms with Crippen LogP contribution in [-0.4, -0.2) is 40.7 Å². The topological polar surface area (TPSA) is 57.6 Å². The molecule has 1 aliphatic rings. The molecule has 1 amide bonds. The van der Waals surface area contributed by atoms with E-state index in [2.05, 4.69) is 32.0 Å². The van der Waals surface area contributed by atoms with Crippen LogP contribution in [-0.2, 0) is 9.59 Å². The van der Waals surface area contributed by atoms with Crippen molar-refractivity contribution in [2.24, 2.45) is 5.92 Å². The van der Waals surface area contributed by atoms with E-state index in [0.717, 1.165) is 24.3 Å². The van der Waals surface area contributed by atoms with E-state index in [1.165, 1.54) is 11.1 Å². The number of aryl methyl sites for hydroxylation is 2. The molecule has 4 nitrogen and oxygen atoms in total. The maximum Gasteiger partial charge on any atom is 0.303 e. The van der Waals surface area contributed by atoms with Gasteiger partial charge in [-0.1, -0.05) is 17.7 Å². The highest BCUT2D eigenvalue weighted by Crippen LogP contribution is 2.25. The van der Waals surface area contributed by atoms with Gasteiger partial charge < -0.3 is 10.0 Å². The summed E-state index contributed by atoms with van der Waals surface area (Å²) in [5.74, 6) is 0.194. The predicted molar refractivity (Wildman–Crippen MR) is 92.8 cm³/mol. The Balaban J connectivity index is 1.83. The summed E-state index contributed by atoms with van der Waals surface area (Å²) in [5.41, 5.74) is 2.44. The smallest absolute Gasteiger partial charge is 0.303 e. The van der Waals surface area contributed by atoms with Gasteiger partial charge in [-0.25, -0.2) is 0 Å². The van der Waals surface area contributed by atoms with Gasteiger partial charge in [0.15, 0.2) is 0 Å². The Morgan fingerprint density at radius 1 is 1.35 bits per heavy atom. The number of rotatable bonds is 6. The minimum Gasteiger partial charge on any atom is -0.481 e. The second kappa shape index (κ2) is 8.39. The van der Waals surface area contributed by atoms with Crippen LogP contribution in [0.1, 0.15) is 36.8 Å². The highest BCUT2D eigenvalue weighted by atomic mass is 32.2. The molecule has 0 radical (unpaired) electrons. The van der Waals surface area contributed by atoms with Crippen LogP contribution in [0.25, 0.3) is 0 Å². The minimum atomic E-state index is -0.751. The van der Waals surface area contributed by atoms with Crippen LogP contribution in [0.4, 0.5) is 0 Å². The molecule has 1 saturated heterocycles. The zero-order chi connectivity index (χ0) is 16.8. The highest BCUT2D eigenvalue weighted by Gasteiger charge is 2.24. The Kier molecular flexibility index (Phi) is 6.51. The molecule has 0 spiro atoms. The Morgan fingerprint density at radius 3 is 2.83 bits per heavy atom. The summed E-state index contributed by atoms with van der Waals surface area (Å²) in [5, 5.41) is 8.79. The van der Waals surface area contributed by atoms with Crippen molar-refractivity contribution in [2.75, 3.05) is 18.8 Å². The summed E-state index contributed by atoms with van der Waals surface area (Å²) >= 11 is 1.59. The molecule has 0 saturated carbocycles. The molecule has 1 fully saturated rings. The number of aliphatic carboxylic acids is 1. The number of benzene rings is 1. The van der Waals surface area contributed by atoms with Crippen molar-refractivity contribution in [3.63, 3.8) is 0 Å². The molecule has 1 aromatic carbocycles. The molecular formula is C18H25NO3S. The van der Waals surface area contributed by atoms with Crippen molar-refractivity contribution < 1.29 is 14.7 Å². The van der Waals surface area contributed by atoms with Crippen molar-refractivity contribution in [3.8, 4) is 0 Å². The van der Waals surface area contributed by atoms with Crippen molar-refractivity contribution in [1.82, 2.24) is 4.90 Å². The summed E-state index contributed by atoms with van der Waals surface area (Å²) in [4.78, 5) is 26.2. The first-order chi connectivity index (χ1) is 11.0. The van der Waals surface area contributed by atoms with Crippen molar-refractivity contribution in [1.29, 1.82) is 0 Å². The normalized spacial score (nSPS) is 18.0. The third-order valence-electron chi connectivity index (χ3n) is 4.32. The average Bonchev–Trinajstić information content (AvgIpc) is 2.52. The van der Waals surface area contributed by atoms with E-state index < -0.39 is 5.97 Å². The van der Waals surface area contributed by atoms with E-state index in [1.807, 2.05) is 4.90 Å². The Hall–Kier alpha value is -1.49. The first kappa shape index (κ1) is 17.9. The third-order valence-corrected chi connectivity index (χ3v) is 5.48. The van der Waals surface area contributed by atoms with Gasteiger partial charge in [-0.2, -0.15) is 0 Å². The third kappa shape index (κ3) is 5.57. The molecule has 1 atom stereocenters. The lowest BCUT2D eigenvalue weighted by molar-refractivity contribution is -0.137. The summed E-state index contributed by atoms with van der Waals surface area (Å²) in [6.45, 7) is 5.65. The van der Waals surface area contributed by atoms with Crippen LogP contribution in [0.2, 0.25) is 0 Å². The fraction of sp³-hybridized carbons (Fsp3) is 0.556. The van der Waals surface area contributed by atoms with Gasteiger partial charge in [0.25, 0.3) is 0 Å². The van der Waals surface area contributed by atoms with E-state index in [1.54, 1.807) is 11.8 Å². The van der Waals surface area contributed by atoms with Gasteiger partial charge in [-0.15, -0.1) is 11.8 Å². The number of carboxylic acids is 1. The van der Waals surface area contributed by atoms with Crippen LogP contribution >= 0.6 is 11.8 Å². The van der Waals surface area contributed by atoms with Crippen molar-refractivity contribution in [3.05, 3.63) is 29.3 Å². The fourth-order valence-corrected chi connectivity index (χ4v) is 3.96. The molecule has 1 heterocycles. The van der Waals surface area contributed by atoms with Crippen molar-refractivity contribution >= 4 is 23.6 Å². The van der Waals surface area contributed by atoms with Gasteiger partial charge in [0.1, 0.15) is 0 Å². The lowest BCUT2D eigenvalue weighted by Crippen LogP contribution is -2.41. The number of likely N-dealkylation sites (tertiary alicyclic amines) is 1. The maximum atomic E-state index is 12.4. The van der Waals surface area contributed by atoms with Crippen LogP contribution < -0.4 is 0 Å². The molecule has 5 heteroatoms. The summed E-state index contributed by atoms with van der Waals surface area (Å²) in [6.07, 6.45) is 2.87. The standard InChI is InChI=1S/C18H25NO3S/c1-13-5-7-16(14(2)10-13)23-12-17(20)19-9-3-4-15(11-19)6-8-18(21)22/h5,7,10,15H,3-4,6,8-9,11-12H2,1-2H3,(H,21,22). The quantitative estimate of drug-likeness (QED) is 0.809. The number of nitrogens with zero attached hydrogens (tertiary/aromatic N) is 1. The molecule has 0 bridgehead atoms. The van der Waals surface area contributed by atoms with E-state index >= 15 is 0 Å². The number of carbonyl (C=O) groups is 2. The maximum absolute atomic E-state index is 12.4. The molecule has 0 aromatic heterocycles. The van der Waals surface area contributed by atoms with Gasteiger partial charge in [0.05, 0.1) is 5.75 Å². The van der Waals surface area contributed by atoms with E-state index in [-0.39, 0.29) is 12.3 Å². The number of carboxylic acid groups (broad SMARTS) is 1. The molecule has 126 valence electrons. The molecule has 2 rings (SSSR count). The zero-order valence-electron chi connectivity index (χ0n) is 13.9. The van der Waals surface area contributed by atoms with Gasteiger partial charge >= 0.3 is 5.97 Å². The number of amides is 1. The summed E-state index contributed by atoms with van der Waals surface area (Å²) < 4.78 is 0. The van der Waals surface area contributed by atoms with Crippen molar-refractivity contribution in [2.45, 2.75) is 44.4 Å². The van der Waals surface area contributed by atoms with E-state index in [9.17, 15) is 9.59 Å². The van der Waals surface area contributed by atoms with Crippen LogP contribution in [0.5, 0.6) is 0 Å². The molecule has 1 aliphatic heterocycles. The number of carbonyl (C=O) groups excluding carboxylic acids is 1. The number of thioether (sulfide) groups is 1. The monoisotopic (exact) mass is 335 g/mol. The zero-order valence-corrected chi connectivity index (χ0v) is 14.7. The Morgan fingerprint density at radius 2 is 2.13 bits per heavy atom. The predicted octanol–water partition coefficient (Wildman–Crippen LogP) is 3.50. The molecule has 23 heavy (non-hydrogen) atoms. The van der Waals surface area contributed by atoms with Gasteiger partial charge in [-0.05, 0) is 50.7 Å². The molecular weight excluding hydrogens is 310 g/mol. The van der Waals surface area contributed by atoms with Crippen LogP contribution in [0.3, 0.4) is 0 Å². The van der Waals surface area contributed by atoms with Crippen LogP contribution in [0, 0.1) is 19.8 Å². The molecule has 1 unspecified atom stereocenters. The summed E-state index contributed by atoms with van der Waals surface area (Å²) in [7, 11) is 0. The first-order valence-electron chi connectivity index (χ1n) is 8.15. The summed E-state index contributed by atoms with van der Waals surface area (Å²) in [6, 6.07) is 6.28. The molecule has 0 aliphatic carbocycles. The lowest BCUT2D eigenvalue weighted by Gasteiger charge is -2.32. The first-order valence-corrected chi connectivity index (χ1v) is 9.14. The SMILES string of the molecule is Cc1ccc(SCC(=O)N2CCCC(CCC(=O)O)C2)c(C)c1. The van der Waals surface area contributed by atoms with E-state index in [0.29, 0.717) is 24.6 Å². The highest BCUT2D eigenvalue weighted by molar-refractivity contribution is 8.00. The fourth-order valence-electron chi connectivity index (χ4n) is 3.05. The molecule has 1 N–H and O–H groups in total. The van der Waals surface area contributed by atoms with Crippen LogP contribution in [0.15, 0.2) is 23.1 Å². The number of hydrogen-bond acceptors (Lipinski definition) is 3. The van der Waals surface area contributed by atoms with Gasteiger partial charge in [-0.3, -0.25) is 9.59 Å². The Labute approximate surface area is 142 Å². The number of piperidine rings is 1. The van der Waals surface area contributed by atoms with E-state index in [4.69, 9.17) is 5.11 Å². The molecule has 1 aromatic rings.